The molecule has 0 saturated heterocycles. The maximum Gasteiger partial charge on any atom is 0.159 e. The first kappa shape index (κ1) is 23.4. The van der Waals surface area contributed by atoms with Crippen molar-refractivity contribution in [3.63, 3.8) is 0 Å². The lowest BCUT2D eigenvalue weighted by Crippen LogP contribution is -2.33. The van der Waals surface area contributed by atoms with E-state index >= 15 is 0 Å². The molecule has 0 saturated carbocycles. The Labute approximate surface area is 165 Å². The Morgan fingerprint density at radius 2 is 1.81 bits per heavy atom. The molecule has 0 bridgehead atoms. The second-order valence-corrected chi connectivity index (χ2v) is 8.04. The molecule has 27 heavy (non-hydrogen) atoms. The fourth-order valence-electron chi connectivity index (χ4n) is 3.58. The van der Waals surface area contributed by atoms with Crippen molar-refractivity contribution < 1.29 is 8.78 Å². The topological polar surface area (TPSA) is 3.24 Å². The van der Waals surface area contributed by atoms with Crippen molar-refractivity contribution >= 4 is 0 Å². The van der Waals surface area contributed by atoms with E-state index in [4.69, 9.17) is 0 Å². The average molecular weight is 378 g/mol. The Balaban J connectivity index is 3.19. The van der Waals surface area contributed by atoms with Crippen molar-refractivity contribution in [3.8, 4) is 0 Å². The molecule has 0 heterocycles. The molecule has 0 amide bonds. The van der Waals surface area contributed by atoms with Crippen LogP contribution >= 0.6 is 0 Å². The molecule has 0 aromatic carbocycles. The Kier molecular flexibility index (Phi) is 9.21. The first-order chi connectivity index (χ1) is 12.6. The summed E-state index contributed by atoms with van der Waals surface area (Å²) in [7, 11) is 0. The van der Waals surface area contributed by atoms with Gasteiger partial charge in [-0.05, 0) is 57.6 Å². The normalized spacial score (nSPS) is 16.9. The number of nitrogens with zero attached hydrogens (tertiary/aromatic N) is 1. The molecule has 1 aliphatic rings. The van der Waals surface area contributed by atoms with Gasteiger partial charge in [0.25, 0.3) is 0 Å². The number of rotatable bonds is 10. The van der Waals surface area contributed by atoms with Gasteiger partial charge >= 0.3 is 0 Å². The lowest BCUT2D eigenvalue weighted by molar-refractivity contribution is 0.308. The van der Waals surface area contributed by atoms with Crippen LogP contribution in [0.2, 0.25) is 0 Å². The molecule has 0 spiro atoms. The van der Waals surface area contributed by atoms with E-state index in [-0.39, 0.29) is 12.5 Å². The van der Waals surface area contributed by atoms with Crippen LogP contribution in [0.1, 0.15) is 73.6 Å². The zero-order valence-electron chi connectivity index (χ0n) is 18.1. The SMILES string of the molecule is C=C(C)/C(C(=C)N(CC1=CCCC(F)=C1F)C(C)C)=C(\C)C(C)CCCC. The van der Waals surface area contributed by atoms with E-state index < -0.39 is 11.7 Å². The van der Waals surface area contributed by atoms with Crippen LogP contribution in [0, 0.1) is 5.92 Å². The van der Waals surface area contributed by atoms with Gasteiger partial charge in [-0.1, -0.05) is 51.5 Å². The van der Waals surface area contributed by atoms with Gasteiger partial charge in [-0.2, -0.15) is 0 Å². The fraction of sp³-hybridized carbons (Fsp3) is 0.583. The standard InChI is InChI=1S/C24H37F2N/c1-9-10-12-18(6)19(7)23(16(2)3)20(8)27(17(4)5)15-21-13-11-14-22(25)24(21)26/h13,17-18H,2,8-12,14-15H2,1,3-7H3/b23-19-. The van der Waals surface area contributed by atoms with E-state index in [0.29, 0.717) is 24.5 Å². The Bertz CT molecular complexity index is 649. The maximum absolute atomic E-state index is 14.3. The second-order valence-electron chi connectivity index (χ2n) is 8.04. The Morgan fingerprint density at radius 1 is 1.19 bits per heavy atom. The summed E-state index contributed by atoms with van der Waals surface area (Å²) in [5.74, 6) is -0.902. The van der Waals surface area contributed by atoms with E-state index in [1.54, 1.807) is 0 Å². The van der Waals surface area contributed by atoms with Crippen molar-refractivity contribution in [2.24, 2.45) is 5.92 Å². The molecule has 0 N–H and O–H groups in total. The van der Waals surface area contributed by atoms with Crippen molar-refractivity contribution in [1.82, 2.24) is 4.90 Å². The van der Waals surface area contributed by atoms with Gasteiger partial charge < -0.3 is 4.90 Å². The average Bonchev–Trinajstić information content (AvgIpc) is 2.60. The van der Waals surface area contributed by atoms with Gasteiger partial charge in [0, 0.05) is 30.3 Å². The molecule has 0 fully saturated rings. The quantitative estimate of drug-likeness (QED) is 0.351. The van der Waals surface area contributed by atoms with E-state index in [2.05, 4.69) is 52.7 Å². The van der Waals surface area contributed by atoms with Gasteiger partial charge in [-0.15, -0.1) is 0 Å². The predicted molar refractivity (Wildman–Crippen MR) is 114 cm³/mol. The number of halogens is 2. The van der Waals surface area contributed by atoms with E-state index in [1.165, 1.54) is 18.4 Å². The van der Waals surface area contributed by atoms with Gasteiger partial charge in [-0.3, -0.25) is 0 Å². The molecule has 0 radical (unpaired) electrons. The van der Waals surface area contributed by atoms with Crippen molar-refractivity contribution in [2.45, 2.75) is 79.7 Å². The minimum atomic E-state index is -0.700. The summed E-state index contributed by atoms with van der Waals surface area (Å²) in [4.78, 5) is 2.06. The Morgan fingerprint density at radius 3 is 2.33 bits per heavy atom. The third-order valence-corrected chi connectivity index (χ3v) is 5.42. The van der Waals surface area contributed by atoms with Gasteiger partial charge in [0.2, 0.25) is 0 Å². The number of unbranched alkanes of at least 4 members (excludes halogenated alkanes) is 1. The molecule has 1 aliphatic carbocycles. The molecule has 1 nitrogen and oxygen atoms in total. The first-order valence-electron chi connectivity index (χ1n) is 10.2. The highest BCUT2D eigenvalue weighted by atomic mass is 19.2. The minimum absolute atomic E-state index is 0.115. The largest absolute Gasteiger partial charge is 0.365 e. The summed E-state index contributed by atoms with van der Waals surface area (Å²) >= 11 is 0. The summed E-state index contributed by atoms with van der Waals surface area (Å²) in [6.45, 7) is 21.5. The highest BCUT2D eigenvalue weighted by Gasteiger charge is 2.24. The maximum atomic E-state index is 14.3. The molecule has 0 aliphatic heterocycles. The van der Waals surface area contributed by atoms with Gasteiger partial charge in [0.1, 0.15) is 5.83 Å². The smallest absolute Gasteiger partial charge is 0.159 e. The Hall–Kier alpha value is -1.64. The summed E-state index contributed by atoms with van der Waals surface area (Å²) in [6.07, 6.45) is 5.99. The van der Waals surface area contributed by atoms with E-state index in [9.17, 15) is 8.78 Å². The van der Waals surface area contributed by atoms with Crippen molar-refractivity contribution in [1.29, 1.82) is 0 Å². The lowest BCUT2D eigenvalue weighted by atomic mass is 9.88. The molecule has 0 aromatic heterocycles. The fourth-order valence-corrected chi connectivity index (χ4v) is 3.58. The molecule has 152 valence electrons. The highest BCUT2D eigenvalue weighted by molar-refractivity contribution is 5.47. The molecule has 3 heteroatoms. The second kappa shape index (κ2) is 10.6. The third kappa shape index (κ3) is 6.19. The first-order valence-corrected chi connectivity index (χ1v) is 10.2. The summed E-state index contributed by atoms with van der Waals surface area (Å²) in [6, 6.07) is 0.115. The van der Waals surface area contributed by atoms with Crippen LogP contribution in [0.4, 0.5) is 8.78 Å². The molecular weight excluding hydrogens is 340 g/mol. The third-order valence-electron chi connectivity index (χ3n) is 5.42. The van der Waals surface area contributed by atoms with Crippen LogP contribution in [-0.2, 0) is 0 Å². The van der Waals surface area contributed by atoms with Crippen LogP contribution in [0.25, 0.3) is 0 Å². The van der Waals surface area contributed by atoms with Crippen LogP contribution < -0.4 is 0 Å². The van der Waals surface area contributed by atoms with Gasteiger partial charge in [-0.25, -0.2) is 8.78 Å². The van der Waals surface area contributed by atoms with Gasteiger partial charge in [0.05, 0.1) is 0 Å². The summed E-state index contributed by atoms with van der Waals surface area (Å²) in [5.41, 5.74) is 4.57. The lowest BCUT2D eigenvalue weighted by Gasteiger charge is -2.35. The van der Waals surface area contributed by atoms with E-state index in [0.717, 1.165) is 23.3 Å². The van der Waals surface area contributed by atoms with Crippen LogP contribution in [0.5, 0.6) is 0 Å². The predicted octanol–water partition coefficient (Wildman–Crippen LogP) is 7.80. The van der Waals surface area contributed by atoms with Crippen molar-refractivity contribution in [3.05, 3.63) is 58.9 Å². The minimum Gasteiger partial charge on any atom is -0.365 e. The van der Waals surface area contributed by atoms with Crippen LogP contribution in [-0.4, -0.2) is 17.5 Å². The van der Waals surface area contributed by atoms with Crippen LogP contribution in [0.15, 0.2) is 58.9 Å². The number of hydrogen-bond acceptors (Lipinski definition) is 1. The molecule has 1 unspecified atom stereocenters. The summed E-state index contributed by atoms with van der Waals surface area (Å²) < 4.78 is 28.0. The van der Waals surface area contributed by atoms with Crippen LogP contribution in [0.3, 0.4) is 0 Å². The zero-order valence-corrected chi connectivity index (χ0v) is 18.1. The molecule has 1 atom stereocenters. The number of allylic oxidation sites excluding steroid dienone is 4. The molecule has 0 aromatic rings. The summed E-state index contributed by atoms with van der Waals surface area (Å²) in [5, 5.41) is 0. The molecular formula is C24H37F2N. The molecule has 1 rings (SSSR count). The monoisotopic (exact) mass is 377 g/mol. The van der Waals surface area contributed by atoms with E-state index in [1.807, 2.05) is 13.0 Å². The highest BCUT2D eigenvalue weighted by Crippen LogP contribution is 2.33. The zero-order chi connectivity index (χ0) is 20.7. The number of hydrogen-bond donors (Lipinski definition) is 0. The van der Waals surface area contributed by atoms with Crippen molar-refractivity contribution in [2.75, 3.05) is 6.54 Å². The van der Waals surface area contributed by atoms with Gasteiger partial charge in [0.15, 0.2) is 5.83 Å².